The van der Waals surface area contributed by atoms with Crippen molar-refractivity contribution in [3.63, 3.8) is 0 Å². The highest BCUT2D eigenvalue weighted by Crippen LogP contribution is 2.31. The summed E-state index contributed by atoms with van der Waals surface area (Å²) in [5.74, 6) is 0.0111. The number of hydrogen-bond donors (Lipinski definition) is 1. The number of allylic oxidation sites excluding steroid dienone is 1. The number of carbonyl (C=O) groups excluding carboxylic acids is 2. The lowest BCUT2D eigenvalue weighted by atomic mass is 9.96. The van der Waals surface area contributed by atoms with E-state index in [-0.39, 0.29) is 18.1 Å². The van der Waals surface area contributed by atoms with E-state index < -0.39 is 12.0 Å². The lowest BCUT2D eigenvalue weighted by molar-refractivity contribution is -0.139. The average molecular weight is 492 g/mol. The Bertz CT molecular complexity index is 1480. The third kappa shape index (κ3) is 4.95. The summed E-state index contributed by atoms with van der Waals surface area (Å²) in [6.45, 7) is 5.15. The van der Waals surface area contributed by atoms with Crippen LogP contribution in [0.4, 0.5) is 5.69 Å². The summed E-state index contributed by atoms with van der Waals surface area (Å²) in [6, 6.07) is 13.7. The molecular formula is C26H25N3O5S. The van der Waals surface area contributed by atoms with Crippen molar-refractivity contribution in [3.05, 3.63) is 90.6 Å². The van der Waals surface area contributed by atoms with Crippen LogP contribution in [0.1, 0.15) is 37.9 Å². The minimum absolute atomic E-state index is 0.155. The number of ether oxygens (including phenoxy) is 2. The Balaban J connectivity index is 1.85. The number of methoxy groups -OCH3 is 1. The lowest BCUT2D eigenvalue weighted by Crippen LogP contribution is -2.39. The Hall–Kier alpha value is -3.98. The summed E-state index contributed by atoms with van der Waals surface area (Å²) in [7, 11) is 1.58. The lowest BCUT2D eigenvalue weighted by Gasteiger charge is -2.24. The normalized spacial score (nSPS) is 15.3. The molecule has 1 N–H and O–H groups in total. The van der Waals surface area contributed by atoms with Crippen LogP contribution in [-0.2, 0) is 14.3 Å². The highest BCUT2D eigenvalue weighted by atomic mass is 32.1. The predicted octanol–water partition coefficient (Wildman–Crippen LogP) is 2.77. The van der Waals surface area contributed by atoms with Gasteiger partial charge in [-0.2, -0.15) is 0 Å². The van der Waals surface area contributed by atoms with Crippen molar-refractivity contribution in [2.75, 3.05) is 19.0 Å². The minimum atomic E-state index is -0.680. The molecule has 0 radical (unpaired) electrons. The molecular weight excluding hydrogens is 466 g/mol. The first-order valence-electron chi connectivity index (χ1n) is 11.0. The molecule has 1 aromatic heterocycles. The minimum Gasteiger partial charge on any atom is -0.497 e. The van der Waals surface area contributed by atoms with Gasteiger partial charge in [0.05, 0.1) is 35.6 Å². The summed E-state index contributed by atoms with van der Waals surface area (Å²) < 4.78 is 12.6. The van der Waals surface area contributed by atoms with Crippen molar-refractivity contribution in [3.8, 4) is 5.75 Å². The average Bonchev–Trinajstić information content (AvgIpc) is 3.13. The predicted molar refractivity (Wildman–Crippen MR) is 134 cm³/mol. The quantitative estimate of drug-likeness (QED) is 0.535. The highest BCUT2D eigenvalue weighted by molar-refractivity contribution is 7.07. The van der Waals surface area contributed by atoms with Crippen molar-refractivity contribution in [1.82, 2.24) is 4.57 Å². The Morgan fingerprint density at radius 1 is 1.14 bits per heavy atom. The zero-order chi connectivity index (χ0) is 25.1. The molecule has 0 saturated heterocycles. The number of aromatic nitrogens is 1. The second-order valence-corrected chi connectivity index (χ2v) is 8.89. The number of thiazole rings is 1. The Labute approximate surface area is 205 Å². The number of nitrogens with zero attached hydrogens (tertiary/aromatic N) is 2. The molecule has 1 unspecified atom stereocenters. The van der Waals surface area contributed by atoms with Gasteiger partial charge in [-0.05, 0) is 55.3 Å². The standard InChI is InChI=1S/C26H25N3O5S/c1-5-34-25(32)22-15(2)27-26-29(23(22)18-8-12-20(33-4)13-9-18)24(31)21(35-26)14-17-6-10-19(11-7-17)28-16(3)30/h6-14,23H,5H2,1-4H3,(H,28,30). The van der Waals surface area contributed by atoms with E-state index in [2.05, 4.69) is 10.3 Å². The summed E-state index contributed by atoms with van der Waals surface area (Å²) in [5.41, 5.74) is 2.80. The van der Waals surface area contributed by atoms with Crippen LogP contribution in [0, 0.1) is 0 Å². The van der Waals surface area contributed by atoms with Gasteiger partial charge in [0.2, 0.25) is 5.91 Å². The number of amides is 1. The molecule has 0 spiro atoms. The second-order valence-electron chi connectivity index (χ2n) is 7.88. The second kappa shape index (κ2) is 10.1. The largest absolute Gasteiger partial charge is 0.497 e. The Morgan fingerprint density at radius 2 is 1.83 bits per heavy atom. The Kier molecular flexibility index (Phi) is 6.97. The van der Waals surface area contributed by atoms with Gasteiger partial charge in [-0.1, -0.05) is 35.6 Å². The summed E-state index contributed by atoms with van der Waals surface area (Å²) in [4.78, 5) is 42.9. The van der Waals surface area contributed by atoms with E-state index in [9.17, 15) is 14.4 Å². The first-order chi connectivity index (χ1) is 16.8. The fraction of sp³-hybridized carbons (Fsp3) is 0.231. The molecule has 2 aromatic carbocycles. The molecule has 0 saturated carbocycles. The molecule has 1 atom stereocenters. The maximum absolute atomic E-state index is 13.6. The summed E-state index contributed by atoms with van der Waals surface area (Å²) >= 11 is 1.26. The number of fused-ring (bicyclic) bond motifs is 1. The van der Waals surface area contributed by atoms with Crippen LogP contribution in [-0.4, -0.2) is 30.2 Å². The van der Waals surface area contributed by atoms with E-state index in [1.807, 2.05) is 24.3 Å². The third-order valence-electron chi connectivity index (χ3n) is 5.48. The van der Waals surface area contributed by atoms with Gasteiger partial charge < -0.3 is 14.8 Å². The third-order valence-corrected chi connectivity index (χ3v) is 6.46. The number of carbonyl (C=O) groups is 2. The van der Waals surface area contributed by atoms with Crippen molar-refractivity contribution >= 4 is 35.0 Å². The van der Waals surface area contributed by atoms with Gasteiger partial charge >= 0.3 is 5.97 Å². The molecule has 4 rings (SSSR count). The van der Waals surface area contributed by atoms with E-state index >= 15 is 0 Å². The monoisotopic (exact) mass is 491 g/mol. The zero-order valence-electron chi connectivity index (χ0n) is 19.8. The van der Waals surface area contributed by atoms with Crippen molar-refractivity contribution in [2.24, 2.45) is 4.99 Å². The SMILES string of the molecule is CCOC(=O)C1=C(C)N=c2sc(=Cc3ccc(NC(C)=O)cc3)c(=O)n2C1c1ccc(OC)cc1. The number of nitrogens with one attached hydrogen (secondary N) is 1. The van der Waals surface area contributed by atoms with Crippen molar-refractivity contribution in [2.45, 2.75) is 26.8 Å². The number of benzene rings is 2. The summed E-state index contributed by atoms with van der Waals surface area (Å²) in [5, 5.41) is 2.72. The number of anilines is 1. The van der Waals surface area contributed by atoms with Gasteiger partial charge in [0.25, 0.3) is 5.56 Å². The maximum Gasteiger partial charge on any atom is 0.338 e. The van der Waals surface area contributed by atoms with Crippen molar-refractivity contribution in [1.29, 1.82) is 0 Å². The molecule has 180 valence electrons. The molecule has 35 heavy (non-hydrogen) atoms. The highest BCUT2D eigenvalue weighted by Gasteiger charge is 2.33. The van der Waals surface area contributed by atoms with Gasteiger partial charge in [0, 0.05) is 12.6 Å². The fourth-order valence-corrected chi connectivity index (χ4v) is 4.96. The van der Waals surface area contributed by atoms with Gasteiger partial charge in [0.15, 0.2) is 4.80 Å². The van der Waals surface area contributed by atoms with Crippen LogP contribution in [0.15, 0.2) is 69.6 Å². The van der Waals surface area contributed by atoms with Gasteiger partial charge in [-0.15, -0.1) is 0 Å². The molecule has 1 amide bonds. The molecule has 8 nitrogen and oxygen atoms in total. The number of rotatable bonds is 6. The molecule has 2 heterocycles. The molecule has 0 bridgehead atoms. The van der Waals surface area contributed by atoms with Gasteiger partial charge in [-0.3, -0.25) is 14.2 Å². The van der Waals surface area contributed by atoms with Crippen LogP contribution in [0.5, 0.6) is 5.75 Å². The number of esters is 1. The molecule has 1 aliphatic heterocycles. The molecule has 0 aliphatic carbocycles. The van der Waals surface area contributed by atoms with Crippen LogP contribution in [0.2, 0.25) is 0 Å². The topological polar surface area (TPSA) is 99.0 Å². The number of hydrogen-bond acceptors (Lipinski definition) is 7. The van der Waals surface area contributed by atoms with Crippen LogP contribution >= 0.6 is 11.3 Å². The van der Waals surface area contributed by atoms with Gasteiger partial charge in [0.1, 0.15) is 5.75 Å². The zero-order valence-corrected chi connectivity index (χ0v) is 20.6. The first-order valence-corrected chi connectivity index (χ1v) is 11.8. The van der Waals surface area contributed by atoms with Gasteiger partial charge in [-0.25, -0.2) is 9.79 Å². The van der Waals surface area contributed by atoms with E-state index in [0.29, 0.717) is 32.0 Å². The first kappa shape index (κ1) is 24.2. The van der Waals surface area contributed by atoms with Crippen molar-refractivity contribution < 1.29 is 19.1 Å². The van der Waals surface area contributed by atoms with E-state index in [1.54, 1.807) is 55.9 Å². The van der Waals surface area contributed by atoms with Crippen LogP contribution < -0.4 is 24.9 Å². The fourth-order valence-electron chi connectivity index (χ4n) is 3.91. The van der Waals surface area contributed by atoms with E-state index in [4.69, 9.17) is 9.47 Å². The van der Waals surface area contributed by atoms with E-state index in [0.717, 1.165) is 11.1 Å². The molecule has 9 heteroatoms. The van der Waals surface area contributed by atoms with Crippen LogP contribution in [0.25, 0.3) is 6.08 Å². The van der Waals surface area contributed by atoms with Crippen LogP contribution in [0.3, 0.4) is 0 Å². The molecule has 3 aromatic rings. The molecule has 0 fully saturated rings. The molecule has 1 aliphatic rings. The summed E-state index contributed by atoms with van der Waals surface area (Å²) in [6.07, 6.45) is 1.77. The smallest absolute Gasteiger partial charge is 0.338 e. The Morgan fingerprint density at radius 3 is 2.43 bits per heavy atom. The maximum atomic E-state index is 13.6. The van der Waals surface area contributed by atoms with E-state index in [1.165, 1.54) is 18.3 Å².